The van der Waals surface area contributed by atoms with Gasteiger partial charge in [0.2, 0.25) is 0 Å². The Bertz CT molecular complexity index is 529. The van der Waals surface area contributed by atoms with Gasteiger partial charge in [-0.05, 0) is 38.3 Å². The summed E-state index contributed by atoms with van der Waals surface area (Å²) in [6, 6.07) is 3.96. The SMILES string of the molecule is CCC(CC)(CC)NCc1cn[nH]c1-c1ccc(C)o1. The second-order valence-electron chi connectivity index (χ2n) is 5.38. The lowest BCUT2D eigenvalue weighted by Crippen LogP contribution is -2.43. The van der Waals surface area contributed by atoms with Crippen molar-refractivity contribution >= 4 is 0 Å². The normalized spacial score (nSPS) is 12.0. The first-order valence-corrected chi connectivity index (χ1v) is 7.48. The molecule has 2 aromatic rings. The van der Waals surface area contributed by atoms with Gasteiger partial charge in [0.05, 0.1) is 6.20 Å². The fourth-order valence-corrected chi connectivity index (χ4v) is 2.64. The van der Waals surface area contributed by atoms with Crippen molar-refractivity contribution in [2.75, 3.05) is 0 Å². The average Bonchev–Trinajstić information content (AvgIpc) is 3.09. The van der Waals surface area contributed by atoms with Crippen LogP contribution in [0.3, 0.4) is 0 Å². The molecule has 2 N–H and O–H groups in total. The zero-order valence-electron chi connectivity index (χ0n) is 12.9. The van der Waals surface area contributed by atoms with E-state index in [2.05, 4.69) is 36.3 Å². The van der Waals surface area contributed by atoms with Crippen LogP contribution in [0.4, 0.5) is 0 Å². The van der Waals surface area contributed by atoms with E-state index in [4.69, 9.17) is 4.42 Å². The molecule has 0 aromatic carbocycles. The topological polar surface area (TPSA) is 53.9 Å². The van der Waals surface area contributed by atoms with Crippen LogP contribution in [0, 0.1) is 6.92 Å². The monoisotopic (exact) mass is 275 g/mol. The number of hydrogen-bond acceptors (Lipinski definition) is 3. The largest absolute Gasteiger partial charge is 0.460 e. The van der Waals surface area contributed by atoms with Crippen LogP contribution in [-0.2, 0) is 6.54 Å². The van der Waals surface area contributed by atoms with Crippen LogP contribution in [0.1, 0.15) is 51.4 Å². The molecule has 0 bridgehead atoms. The first kappa shape index (κ1) is 14.9. The molecule has 0 atom stereocenters. The molecule has 4 nitrogen and oxygen atoms in total. The van der Waals surface area contributed by atoms with Crippen LogP contribution in [0.5, 0.6) is 0 Å². The third-order valence-electron chi connectivity index (χ3n) is 4.39. The molecule has 0 saturated heterocycles. The van der Waals surface area contributed by atoms with Crippen LogP contribution >= 0.6 is 0 Å². The number of nitrogens with zero attached hydrogens (tertiary/aromatic N) is 1. The van der Waals surface area contributed by atoms with Crippen molar-refractivity contribution in [1.29, 1.82) is 0 Å². The van der Waals surface area contributed by atoms with Crippen molar-refractivity contribution in [2.45, 2.75) is 59.0 Å². The van der Waals surface area contributed by atoms with Gasteiger partial charge in [0.25, 0.3) is 0 Å². The lowest BCUT2D eigenvalue weighted by atomic mass is 9.89. The summed E-state index contributed by atoms with van der Waals surface area (Å²) in [7, 11) is 0. The summed E-state index contributed by atoms with van der Waals surface area (Å²) < 4.78 is 5.68. The van der Waals surface area contributed by atoms with Crippen molar-refractivity contribution in [1.82, 2.24) is 15.5 Å². The molecule has 2 aromatic heterocycles. The summed E-state index contributed by atoms with van der Waals surface area (Å²) in [4.78, 5) is 0. The molecule has 0 amide bonds. The summed E-state index contributed by atoms with van der Waals surface area (Å²) in [6.45, 7) is 9.49. The number of rotatable bonds is 7. The molecule has 0 saturated carbocycles. The van der Waals surface area contributed by atoms with Gasteiger partial charge in [-0.25, -0.2) is 0 Å². The number of furan rings is 1. The second-order valence-corrected chi connectivity index (χ2v) is 5.38. The minimum atomic E-state index is 0.216. The maximum atomic E-state index is 5.68. The van der Waals surface area contributed by atoms with Crippen molar-refractivity contribution in [3.63, 3.8) is 0 Å². The Morgan fingerprint density at radius 2 is 1.90 bits per heavy atom. The van der Waals surface area contributed by atoms with Gasteiger partial charge < -0.3 is 9.73 Å². The van der Waals surface area contributed by atoms with Crippen LogP contribution in [0.2, 0.25) is 0 Å². The average molecular weight is 275 g/mol. The van der Waals surface area contributed by atoms with Gasteiger partial charge in [-0.2, -0.15) is 5.10 Å². The summed E-state index contributed by atoms with van der Waals surface area (Å²) in [5, 5.41) is 10.9. The van der Waals surface area contributed by atoms with Gasteiger partial charge in [0.15, 0.2) is 5.76 Å². The highest BCUT2D eigenvalue weighted by Crippen LogP contribution is 2.25. The molecule has 0 spiro atoms. The quantitative estimate of drug-likeness (QED) is 0.802. The molecular formula is C16H25N3O. The van der Waals surface area contributed by atoms with E-state index in [-0.39, 0.29) is 5.54 Å². The highest BCUT2D eigenvalue weighted by molar-refractivity contribution is 5.56. The fraction of sp³-hybridized carbons (Fsp3) is 0.562. The highest BCUT2D eigenvalue weighted by Gasteiger charge is 2.23. The zero-order chi connectivity index (χ0) is 14.6. The predicted molar refractivity (Wildman–Crippen MR) is 81.5 cm³/mol. The van der Waals surface area contributed by atoms with E-state index in [9.17, 15) is 0 Å². The Balaban J connectivity index is 2.13. The minimum Gasteiger partial charge on any atom is -0.460 e. The Kier molecular flexibility index (Phi) is 4.65. The van der Waals surface area contributed by atoms with E-state index in [1.807, 2.05) is 25.3 Å². The zero-order valence-corrected chi connectivity index (χ0v) is 12.9. The van der Waals surface area contributed by atoms with Crippen molar-refractivity contribution < 1.29 is 4.42 Å². The third kappa shape index (κ3) is 2.96. The number of hydrogen-bond donors (Lipinski definition) is 2. The first-order valence-electron chi connectivity index (χ1n) is 7.48. The molecule has 4 heteroatoms. The smallest absolute Gasteiger partial charge is 0.152 e. The third-order valence-corrected chi connectivity index (χ3v) is 4.39. The molecule has 2 rings (SSSR count). The fourth-order valence-electron chi connectivity index (χ4n) is 2.64. The molecule has 0 aliphatic rings. The van der Waals surface area contributed by atoms with Crippen LogP contribution in [0.15, 0.2) is 22.7 Å². The highest BCUT2D eigenvalue weighted by atomic mass is 16.3. The summed E-state index contributed by atoms with van der Waals surface area (Å²) in [5.41, 5.74) is 2.34. The molecule has 0 aliphatic carbocycles. The van der Waals surface area contributed by atoms with Gasteiger partial charge in [0, 0.05) is 17.6 Å². The van der Waals surface area contributed by atoms with Crippen molar-refractivity contribution in [2.24, 2.45) is 0 Å². The summed E-state index contributed by atoms with van der Waals surface area (Å²) in [6.07, 6.45) is 5.28. The predicted octanol–water partition coefficient (Wildman–Crippen LogP) is 4.04. The van der Waals surface area contributed by atoms with Crippen LogP contribution < -0.4 is 5.32 Å². The van der Waals surface area contributed by atoms with Crippen LogP contribution in [0.25, 0.3) is 11.5 Å². The molecule has 0 radical (unpaired) electrons. The molecule has 0 unspecified atom stereocenters. The van der Waals surface area contributed by atoms with E-state index in [0.29, 0.717) is 0 Å². The minimum absolute atomic E-state index is 0.216. The lowest BCUT2D eigenvalue weighted by Gasteiger charge is -2.32. The molecule has 20 heavy (non-hydrogen) atoms. The van der Waals surface area contributed by atoms with Crippen molar-refractivity contribution in [3.8, 4) is 11.5 Å². The van der Waals surface area contributed by atoms with Gasteiger partial charge in [-0.1, -0.05) is 20.8 Å². The van der Waals surface area contributed by atoms with E-state index < -0.39 is 0 Å². The van der Waals surface area contributed by atoms with E-state index >= 15 is 0 Å². The Morgan fingerprint density at radius 1 is 1.20 bits per heavy atom. The molecule has 0 fully saturated rings. The maximum Gasteiger partial charge on any atom is 0.152 e. The van der Waals surface area contributed by atoms with E-state index in [1.165, 1.54) is 0 Å². The van der Waals surface area contributed by atoms with Crippen LogP contribution in [-0.4, -0.2) is 15.7 Å². The molecule has 0 aliphatic heterocycles. The Hall–Kier alpha value is -1.55. The lowest BCUT2D eigenvalue weighted by molar-refractivity contribution is 0.288. The Morgan fingerprint density at radius 3 is 2.45 bits per heavy atom. The second kappa shape index (κ2) is 6.27. The number of H-pyrrole nitrogens is 1. The van der Waals surface area contributed by atoms with Gasteiger partial charge in [0.1, 0.15) is 11.5 Å². The Labute approximate surface area is 121 Å². The first-order chi connectivity index (χ1) is 9.64. The van der Waals surface area contributed by atoms with Gasteiger partial charge in [-0.15, -0.1) is 0 Å². The molecule has 110 valence electrons. The van der Waals surface area contributed by atoms with Gasteiger partial charge in [-0.3, -0.25) is 5.10 Å². The van der Waals surface area contributed by atoms with E-state index in [1.54, 1.807) is 0 Å². The number of nitrogens with one attached hydrogen (secondary N) is 2. The standard InChI is InChI=1S/C16H25N3O/c1-5-16(6-2,7-3)17-10-13-11-18-19-15(13)14-9-8-12(4)20-14/h8-9,11,17H,5-7,10H2,1-4H3,(H,18,19). The number of aromatic amines is 1. The summed E-state index contributed by atoms with van der Waals surface area (Å²) in [5.74, 6) is 1.77. The maximum absolute atomic E-state index is 5.68. The van der Waals surface area contributed by atoms with Crippen molar-refractivity contribution in [3.05, 3.63) is 29.7 Å². The molecule has 2 heterocycles. The van der Waals surface area contributed by atoms with Gasteiger partial charge >= 0.3 is 0 Å². The number of aryl methyl sites for hydroxylation is 1. The summed E-state index contributed by atoms with van der Waals surface area (Å²) >= 11 is 0. The molecular weight excluding hydrogens is 250 g/mol. The van der Waals surface area contributed by atoms with E-state index in [0.717, 1.165) is 48.6 Å². The number of aromatic nitrogens is 2.